The van der Waals surface area contributed by atoms with Crippen molar-refractivity contribution in [3.63, 3.8) is 0 Å². The van der Waals surface area contributed by atoms with Crippen LogP contribution in [0.25, 0.3) is 0 Å². The van der Waals surface area contributed by atoms with Crippen molar-refractivity contribution in [2.45, 2.75) is 11.8 Å². The molecule has 0 saturated carbocycles. The Morgan fingerprint density at radius 2 is 2.16 bits per heavy atom. The van der Waals surface area contributed by atoms with Gasteiger partial charge >= 0.3 is 0 Å². The van der Waals surface area contributed by atoms with E-state index in [4.69, 9.17) is 11.6 Å². The molecule has 102 valence electrons. The number of aryl methyl sites for hydroxylation is 1. The number of anilines is 1. The first kappa shape index (κ1) is 15.2. The van der Waals surface area contributed by atoms with E-state index in [1.54, 1.807) is 19.1 Å². The zero-order chi connectivity index (χ0) is 14.5. The number of hydrogen-bond acceptors (Lipinski definition) is 4. The molecule has 0 unspecified atom stereocenters. The van der Waals surface area contributed by atoms with E-state index < -0.39 is 10.0 Å². The Labute approximate surface area is 112 Å². The average Bonchev–Trinajstić information content (AvgIpc) is 2.30. The molecule has 0 aromatic heterocycles. The summed E-state index contributed by atoms with van der Waals surface area (Å²) in [5.74, 6) is 2.02. The Morgan fingerprint density at radius 3 is 2.74 bits per heavy atom. The standard InChI is InChI=1S/C12H15N3O3S/c1-3-6-14-8-12(16)15-10-5-4-9(2)11(7-10)19(13,17)18/h1,4-5,7,14H,6,8H2,2H3,(H,15,16)(H2,13,17,18). The highest BCUT2D eigenvalue weighted by Crippen LogP contribution is 2.18. The molecule has 0 atom stereocenters. The summed E-state index contributed by atoms with van der Waals surface area (Å²) >= 11 is 0. The first-order valence-corrected chi connectivity index (χ1v) is 6.96. The first-order valence-electron chi connectivity index (χ1n) is 5.42. The number of nitrogens with two attached hydrogens (primary N) is 1. The Kier molecular flexibility index (Phi) is 5.06. The maximum atomic E-state index is 11.5. The fourth-order valence-electron chi connectivity index (χ4n) is 1.44. The lowest BCUT2D eigenvalue weighted by molar-refractivity contribution is -0.115. The minimum atomic E-state index is -3.81. The van der Waals surface area contributed by atoms with Crippen LogP contribution in [0.5, 0.6) is 0 Å². The van der Waals surface area contributed by atoms with E-state index in [1.165, 1.54) is 6.07 Å². The van der Waals surface area contributed by atoms with Crippen LogP contribution in [0.2, 0.25) is 0 Å². The third kappa shape index (κ3) is 4.71. The zero-order valence-electron chi connectivity index (χ0n) is 10.4. The zero-order valence-corrected chi connectivity index (χ0v) is 11.3. The van der Waals surface area contributed by atoms with E-state index in [0.29, 0.717) is 11.3 Å². The van der Waals surface area contributed by atoms with Crippen molar-refractivity contribution in [3.05, 3.63) is 23.8 Å². The normalized spacial score (nSPS) is 10.8. The van der Waals surface area contributed by atoms with Gasteiger partial charge in [0.25, 0.3) is 0 Å². The SMILES string of the molecule is C#CCNCC(=O)Nc1ccc(C)c(S(N)(=O)=O)c1. The Balaban J connectivity index is 2.81. The van der Waals surface area contributed by atoms with E-state index in [9.17, 15) is 13.2 Å². The average molecular weight is 281 g/mol. The van der Waals surface area contributed by atoms with Crippen LogP contribution in [0.4, 0.5) is 5.69 Å². The molecule has 0 fully saturated rings. The van der Waals surface area contributed by atoms with E-state index in [-0.39, 0.29) is 23.9 Å². The Hall–Kier alpha value is -1.88. The summed E-state index contributed by atoms with van der Waals surface area (Å²) in [5, 5.41) is 10.4. The van der Waals surface area contributed by atoms with Crippen molar-refractivity contribution < 1.29 is 13.2 Å². The number of carbonyl (C=O) groups excluding carboxylic acids is 1. The number of primary sulfonamides is 1. The first-order chi connectivity index (χ1) is 8.84. The predicted molar refractivity (Wildman–Crippen MR) is 72.9 cm³/mol. The van der Waals surface area contributed by atoms with Crippen LogP contribution in [0.15, 0.2) is 23.1 Å². The van der Waals surface area contributed by atoms with Gasteiger partial charge in [0.1, 0.15) is 0 Å². The molecule has 4 N–H and O–H groups in total. The lowest BCUT2D eigenvalue weighted by Gasteiger charge is -2.09. The van der Waals surface area contributed by atoms with Gasteiger partial charge in [-0.15, -0.1) is 6.42 Å². The third-order valence-electron chi connectivity index (χ3n) is 2.29. The molecule has 1 rings (SSSR count). The lowest BCUT2D eigenvalue weighted by Crippen LogP contribution is -2.28. The van der Waals surface area contributed by atoms with Crippen LogP contribution in [0, 0.1) is 19.3 Å². The summed E-state index contributed by atoms with van der Waals surface area (Å²) in [6.45, 7) is 1.95. The minimum absolute atomic E-state index is 0.0121. The van der Waals surface area contributed by atoms with Gasteiger partial charge in [0.2, 0.25) is 15.9 Å². The van der Waals surface area contributed by atoms with Crippen LogP contribution in [-0.4, -0.2) is 27.4 Å². The van der Waals surface area contributed by atoms with Gasteiger partial charge in [-0.3, -0.25) is 10.1 Å². The van der Waals surface area contributed by atoms with Crippen LogP contribution in [0.3, 0.4) is 0 Å². The van der Waals surface area contributed by atoms with Crippen molar-refractivity contribution in [2.24, 2.45) is 5.14 Å². The molecule has 6 nitrogen and oxygen atoms in total. The van der Waals surface area contributed by atoms with E-state index in [1.807, 2.05) is 0 Å². The quantitative estimate of drug-likeness (QED) is 0.514. The van der Waals surface area contributed by atoms with Crippen LogP contribution in [0.1, 0.15) is 5.56 Å². The van der Waals surface area contributed by atoms with Crippen molar-refractivity contribution in [1.82, 2.24) is 5.32 Å². The van der Waals surface area contributed by atoms with Gasteiger partial charge in [0, 0.05) is 5.69 Å². The number of amides is 1. The Morgan fingerprint density at radius 1 is 1.47 bits per heavy atom. The molecule has 1 aromatic carbocycles. The summed E-state index contributed by atoms with van der Waals surface area (Å²) < 4.78 is 22.7. The molecule has 1 amide bonds. The van der Waals surface area contributed by atoms with Gasteiger partial charge in [-0.25, -0.2) is 13.6 Å². The van der Waals surface area contributed by atoms with Gasteiger partial charge < -0.3 is 5.32 Å². The molecule has 0 spiro atoms. The molecule has 19 heavy (non-hydrogen) atoms. The number of carbonyl (C=O) groups is 1. The fourth-order valence-corrected chi connectivity index (χ4v) is 2.25. The summed E-state index contributed by atoms with van der Waals surface area (Å²) in [6, 6.07) is 4.50. The number of nitrogens with one attached hydrogen (secondary N) is 2. The second kappa shape index (κ2) is 6.33. The highest BCUT2D eigenvalue weighted by atomic mass is 32.2. The molecule has 0 heterocycles. The summed E-state index contributed by atoms with van der Waals surface area (Å²) in [7, 11) is -3.81. The highest BCUT2D eigenvalue weighted by molar-refractivity contribution is 7.89. The predicted octanol–water partition coefficient (Wildman–Crippen LogP) is -0.196. The van der Waals surface area contributed by atoms with E-state index in [2.05, 4.69) is 16.6 Å². The number of rotatable bonds is 5. The molecule has 7 heteroatoms. The molecular weight excluding hydrogens is 266 g/mol. The minimum Gasteiger partial charge on any atom is -0.325 e. The van der Waals surface area contributed by atoms with Crippen molar-refractivity contribution in [2.75, 3.05) is 18.4 Å². The van der Waals surface area contributed by atoms with Gasteiger partial charge in [-0.1, -0.05) is 12.0 Å². The number of terminal acetylenes is 1. The van der Waals surface area contributed by atoms with Crippen molar-refractivity contribution in [1.29, 1.82) is 0 Å². The van der Waals surface area contributed by atoms with E-state index in [0.717, 1.165) is 0 Å². The molecule has 0 bridgehead atoms. The third-order valence-corrected chi connectivity index (χ3v) is 3.34. The van der Waals surface area contributed by atoms with Gasteiger partial charge in [-0.2, -0.15) is 0 Å². The number of hydrogen-bond donors (Lipinski definition) is 3. The lowest BCUT2D eigenvalue weighted by atomic mass is 10.2. The van der Waals surface area contributed by atoms with Crippen LogP contribution < -0.4 is 15.8 Å². The molecule has 1 aromatic rings. The summed E-state index contributed by atoms with van der Waals surface area (Å²) in [6.07, 6.45) is 5.03. The summed E-state index contributed by atoms with van der Waals surface area (Å²) in [5.41, 5.74) is 0.882. The van der Waals surface area contributed by atoms with Crippen LogP contribution in [-0.2, 0) is 14.8 Å². The maximum absolute atomic E-state index is 11.5. The molecule has 0 aliphatic rings. The highest BCUT2D eigenvalue weighted by Gasteiger charge is 2.12. The molecular formula is C12H15N3O3S. The second-order valence-electron chi connectivity index (χ2n) is 3.88. The number of benzene rings is 1. The molecule has 0 radical (unpaired) electrons. The van der Waals surface area contributed by atoms with Gasteiger partial charge in [-0.05, 0) is 24.6 Å². The monoisotopic (exact) mass is 281 g/mol. The van der Waals surface area contributed by atoms with Crippen molar-refractivity contribution in [3.8, 4) is 12.3 Å². The van der Waals surface area contributed by atoms with Gasteiger partial charge in [0.05, 0.1) is 18.0 Å². The van der Waals surface area contributed by atoms with E-state index >= 15 is 0 Å². The van der Waals surface area contributed by atoms with Crippen molar-refractivity contribution >= 4 is 21.6 Å². The summed E-state index contributed by atoms with van der Waals surface area (Å²) in [4.78, 5) is 11.5. The largest absolute Gasteiger partial charge is 0.325 e. The molecule has 0 aliphatic carbocycles. The second-order valence-corrected chi connectivity index (χ2v) is 5.41. The van der Waals surface area contributed by atoms with Crippen LogP contribution >= 0.6 is 0 Å². The smallest absolute Gasteiger partial charge is 0.238 e. The topological polar surface area (TPSA) is 101 Å². The van der Waals surface area contributed by atoms with Gasteiger partial charge in [0.15, 0.2) is 0 Å². The fraction of sp³-hybridized carbons (Fsp3) is 0.250. The maximum Gasteiger partial charge on any atom is 0.238 e. The number of sulfonamides is 1. The Bertz CT molecular complexity index is 618. The molecule has 0 saturated heterocycles. The molecule has 0 aliphatic heterocycles.